The number of nitrogens with one attached hydrogen (secondary N) is 2. The number of rotatable bonds is 6. The fourth-order valence-electron chi connectivity index (χ4n) is 1.66. The number of nitrogens with zero attached hydrogens (tertiary/aromatic N) is 2. The molecule has 0 spiro atoms. The molecule has 4 nitrogen and oxygen atoms in total. The molecule has 1 aromatic heterocycles. The van der Waals surface area contributed by atoms with Gasteiger partial charge in [0.25, 0.3) is 0 Å². The van der Waals surface area contributed by atoms with E-state index in [9.17, 15) is 0 Å². The average molecular weight is 337 g/mol. The molecule has 23 heavy (non-hydrogen) atoms. The Labute approximate surface area is 145 Å². The van der Waals surface area contributed by atoms with Gasteiger partial charge in [0.1, 0.15) is 11.0 Å². The van der Waals surface area contributed by atoms with Crippen molar-refractivity contribution in [3.05, 3.63) is 35.8 Å². The maximum absolute atomic E-state index is 6.04. The molecule has 0 amide bonds. The van der Waals surface area contributed by atoms with Crippen molar-refractivity contribution < 1.29 is 0 Å². The van der Waals surface area contributed by atoms with Gasteiger partial charge in [-0.2, -0.15) is 4.98 Å². The molecule has 0 aliphatic heterocycles. The predicted octanol–water partition coefficient (Wildman–Crippen LogP) is 5.85. The van der Waals surface area contributed by atoms with Crippen molar-refractivity contribution in [3.63, 3.8) is 0 Å². The van der Waals surface area contributed by atoms with E-state index in [1.807, 2.05) is 12.4 Å². The highest BCUT2D eigenvalue weighted by atomic mass is 35.5. The highest BCUT2D eigenvalue weighted by molar-refractivity contribution is 6.29. The van der Waals surface area contributed by atoms with Gasteiger partial charge in [-0.3, -0.25) is 0 Å². The van der Waals surface area contributed by atoms with Crippen LogP contribution in [0.1, 0.15) is 54.4 Å². The lowest BCUT2D eigenvalue weighted by atomic mass is 9.92. The van der Waals surface area contributed by atoms with Crippen LogP contribution in [0.4, 0.5) is 11.8 Å². The summed E-state index contributed by atoms with van der Waals surface area (Å²) in [7, 11) is 0. The summed E-state index contributed by atoms with van der Waals surface area (Å²) in [6.07, 6.45) is 9.87. The second kappa shape index (κ2) is 8.34. The van der Waals surface area contributed by atoms with Crippen molar-refractivity contribution >= 4 is 23.4 Å². The summed E-state index contributed by atoms with van der Waals surface area (Å²) in [6.45, 7) is 13.2. The van der Waals surface area contributed by atoms with Crippen LogP contribution in [0.3, 0.4) is 0 Å². The molecule has 0 saturated carbocycles. The van der Waals surface area contributed by atoms with E-state index in [0.717, 1.165) is 12.8 Å². The third-order valence-electron chi connectivity index (χ3n) is 2.83. The lowest BCUT2D eigenvalue weighted by molar-refractivity contribution is 0.420. The first-order chi connectivity index (χ1) is 10.6. The summed E-state index contributed by atoms with van der Waals surface area (Å²) in [4.78, 5) is 8.54. The SMILES string of the molecule is CC(C)(C)C/C=C/Nc1cc(Cl)nc(N/C=C/CC(C)(C)C)n1. The largest absolute Gasteiger partial charge is 0.347 e. The maximum atomic E-state index is 6.04. The van der Waals surface area contributed by atoms with Crippen molar-refractivity contribution in [2.24, 2.45) is 10.8 Å². The molecule has 128 valence electrons. The van der Waals surface area contributed by atoms with Gasteiger partial charge < -0.3 is 10.6 Å². The minimum Gasteiger partial charge on any atom is -0.347 e. The van der Waals surface area contributed by atoms with Crippen LogP contribution in [0, 0.1) is 10.8 Å². The van der Waals surface area contributed by atoms with E-state index >= 15 is 0 Å². The molecule has 5 heteroatoms. The van der Waals surface area contributed by atoms with Crippen LogP contribution in [0.5, 0.6) is 0 Å². The summed E-state index contributed by atoms with van der Waals surface area (Å²) in [5, 5.41) is 6.60. The topological polar surface area (TPSA) is 49.8 Å². The number of aromatic nitrogens is 2. The molecule has 1 rings (SSSR count). The molecule has 2 N–H and O–H groups in total. The van der Waals surface area contributed by atoms with Crippen molar-refractivity contribution in [2.75, 3.05) is 10.6 Å². The van der Waals surface area contributed by atoms with Gasteiger partial charge in [-0.05, 0) is 36.1 Å². The minimum atomic E-state index is 0.262. The summed E-state index contributed by atoms with van der Waals surface area (Å²) in [6, 6.07) is 1.70. The molecule has 1 heterocycles. The Morgan fingerprint density at radius 2 is 1.43 bits per heavy atom. The van der Waals surface area contributed by atoms with Crippen LogP contribution in [0.15, 0.2) is 30.6 Å². The Morgan fingerprint density at radius 1 is 0.913 bits per heavy atom. The predicted molar refractivity (Wildman–Crippen MR) is 101 cm³/mol. The maximum Gasteiger partial charge on any atom is 0.230 e. The Kier molecular flexibility index (Phi) is 7.07. The molecule has 0 saturated heterocycles. The zero-order valence-corrected chi connectivity index (χ0v) is 15.8. The Morgan fingerprint density at radius 3 is 1.96 bits per heavy atom. The summed E-state index contributed by atoms with van der Waals surface area (Å²) >= 11 is 6.04. The van der Waals surface area contributed by atoms with E-state index < -0.39 is 0 Å². The van der Waals surface area contributed by atoms with E-state index in [2.05, 4.69) is 74.3 Å². The van der Waals surface area contributed by atoms with Crippen LogP contribution in [0.25, 0.3) is 0 Å². The van der Waals surface area contributed by atoms with Crippen LogP contribution in [0.2, 0.25) is 5.15 Å². The first-order valence-corrected chi connectivity index (χ1v) is 8.31. The lowest BCUT2D eigenvalue weighted by Gasteiger charge is -2.14. The van der Waals surface area contributed by atoms with Gasteiger partial charge in [0, 0.05) is 6.07 Å². The van der Waals surface area contributed by atoms with E-state index in [0.29, 0.717) is 16.9 Å². The molecule has 0 aromatic carbocycles. The van der Waals surface area contributed by atoms with Gasteiger partial charge in [0.2, 0.25) is 5.95 Å². The molecule has 0 aliphatic rings. The molecular weight excluding hydrogens is 308 g/mol. The van der Waals surface area contributed by atoms with Gasteiger partial charge in [-0.25, -0.2) is 4.98 Å². The quantitative estimate of drug-likeness (QED) is 0.639. The Bertz CT molecular complexity index is 505. The average Bonchev–Trinajstić information content (AvgIpc) is 2.37. The Balaban J connectivity index is 2.61. The molecule has 0 bridgehead atoms. The number of anilines is 2. The van der Waals surface area contributed by atoms with Gasteiger partial charge in [0.15, 0.2) is 0 Å². The molecule has 0 atom stereocenters. The van der Waals surface area contributed by atoms with E-state index in [-0.39, 0.29) is 10.8 Å². The molecule has 1 aromatic rings. The fraction of sp³-hybridized carbons (Fsp3) is 0.556. The first kappa shape index (κ1) is 19.5. The summed E-state index contributed by atoms with van der Waals surface area (Å²) < 4.78 is 0. The normalized spacial score (nSPS) is 13.0. The van der Waals surface area contributed by atoms with Crippen LogP contribution >= 0.6 is 11.6 Å². The van der Waals surface area contributed by atoms with Gasteiger partial charge >= 0.3 is 0 Å². The van der Waals surface area contributed by atoms with E-state index in [4.69, 9.17) is 11.6 Å². The second-order valence-corrected chi connectivity index (χ2v) is 8.41. The third-order valence-corrected chi connectivity index (χ3v) is 3.03. The van der Waals surface area contributed by atoms with E-state index in [1.165, 1.54) is 0 Å². The lowest BCUT2D eigenvalue weighted by Crippen LogP contribution is -2.04. The number of hydrogen-bond acceptors (Lipinski definition) is 4. The summed E-state index contributed by atoms with van der Waals surface area (Å²) in [5.74, 6) is 1.15. The molecule has 0 fully saturated rings. The zero-order valence-electron chi connectivity index (χ0n) is 15.1. The number of halogens is 1. The van der Waals surface area contributed by atoms with Crippen LogP contribution in [-0.4, -0.2) is 9.97 Å². The van der Waals surface area contributed by atoms with Gasteiger partial charge in [-0.15, -0.1) is 0 Å². The van der Waals surface area contributed by atoms with Gasteiger partial charge in [-0.1, -0.05) is 65.3 Å². The zero-order chi connectivity index (χ0) is 17.5. The van der Waals surface area contributed by atoms with Crippen LogP contribution < -0.4 is 10.6 Å². The monoisotopic (exact) mass is 336 g/mol. The van der Waals surface area contributed by atoms with Gasteiger partial charge in [0.05, 0.1) is 0 Å². The van der Waals surface area contributed by atoms with Crippen molar-refractivity contribution in [1.29, 1.82) is 0 Å². The number of allylic oxidation sites excluding steroid dienone is 2. The fourth-order valence-corrected chi connectivity index (χ4v) is 1.84. The smallest absolute Gasteiger partial charge is 0.230 e. The molecule has 0 aliphatic carbocycles. The minimum absolute atomic E-state index is 0.262. The molecular formula is C18H29ClN4. The van der Waals surface area contributed by atoms with Crippen LogP contribution in [-0.2, 0) is 0 Å². The standard InChI is InChI=1S/C18H29ClN4/c1-17(2,3)9-7-11-20-15-13-14(19)22-16(23-15)21-12-8-10-18(4,5)6/h7-8,11-13H,9-10H2,1-6H3,(H2,20,21,22,23)/b11-7+,12-8+. The van der Waals surface area contributed by atoms with Crippen molar-refractivity contribution in [2.45, 2.75) is 54.4 Å². The Hall–Kier alpha value is -1.55. The highest BCUT2D eigenvalue weighted by Gasteiger charge is 2.07. The first-order valence-electron chi connectivity index (χ1n) is 7.93. The van der Waals surface area contributed by atoms with E-state index in [1.54, 1.807) is 6.07 Å². The third kappa shape index (κ3) is 9.95. The van der Waals surface area contributed by atoms with Crippen molar-refractivity contribution in [3.8, 4) is 0 Å². The summed E-state index contributed by atoms with van der Waals surface area (Å²) in [5.41, 5.74) is 0.532. The molecule has 0 radical (unpaired) electrons. The number of hydrogen-bond donors (Lipinski definition) is 2. The van der Waals surface area contributed by atoms with Crippen molar-refractivity contribution in [1.82, 2.24) is 9.97 Å². The molecule has 0 unspecified atom stereocenters. The highest BCUT2D eigenvalue weighted by Crippen LogP contribution is 2.20. The second-order valence-electron chi connectivity index (χ2n) is 8.02.